The van der Waals surface area contributed by atoms with Crippen LogP contribution in [-0.2, 0) is 0 Å². The van der Waals surface area contributed by atoms with E-state index in [1.165, 1.54) is 0 Å². The normalized spacial score (nSPS) is 23.2. The second kappa shape index (κ2) is 4.29. The molecular weight excluding hydrogens is 311 g/mol. The number of halogens is 6. The number of ether oxygens (including phenoxy) is 1. The Morgan fingerprint density at radius 1 is 1.25 bits per heavy atom. The summed E-state index contributed by atoms with van der Waals surface area (Å²) in [6.45, 7) is 0. The fourth-order valence-corrected chi connectivity index (χ4v) is 1.91. The van der Waals surface area contributed by atoms with Gasteiger partial charge < -0.3 is 9.84 Å². The van der Waals surface area contributed by atoms with Crippen molar-refractivity contribution in [3.63, 3.8) is 0 Å². The molecule has 1 N–H and O–H groups in total. The van der Waals surface area contributed by atoms with Gasteiger partial charge in [0.1, 0.15) is 5.75 Å². The minimum Gasteiger partial charge on any atom is -0.454 e. The summed E-state index contributed by atoms with van der Waals surface area (Å²) in [4.78, 5) is 11.6. The maximum absolute atomic E-state index is 13.3. The SMILES string of the molecule is O=C1C[C@](O)(C(F)(F)C(F)(F)F)Oc2ccc(Cl)cc21. The van der Waals surface area contributed by atoms with Crippen molar-refractivity contribution in [1.82, 2.24) is 0 Å². The number of Topliss-reactive ketones (excluding diaryl/α,β-unsaturated/α-hetero) is 1. The van der Waals surface area contributed by atoms with Crippen LogP contribution >= 0.6 is 11.6 Å². The zero-order valence-corrected chi connectivity index (χ0v) is 10.2. The van der Waals surface area contributed by atoms with E-state index in [0.717, 1.165) is 18.2 Å². The van der Waals surface area contributed by atoms with E-state index in [1.807, 2.05) is 0 Å². The Kier molecular flexibility index (Phi) is 3.22. The summed E-state index contributed by atoms with van der Waals surface area (Å²) in [5.74, 6) is -11.3. The van der Waals surface area contributed by atoms with E-state index < -0.39 is 35.8 Å². The summed E-state index contributed by atoms with van der Waals surface area (Å²) >= 11 is 5.58. The van der Waals surface area contributed by atoms with E-state index in [1.54, 1.807) is 0 Å². The first-order chi connectivity index (χ1) is 8.98. The average molecular weight is 317 g/mol. The molecule has 2 rings (SSSR count). The van der Waals surface area contributed by atoms with Gasteiger partial charge in [0, 0.05) is 5.02 Å². The van der Waals surface area contributed by atoms with Crippen LogP contribution in [0.25, 0.3) is 0 Å². The zero-order valence-electron chi connectivity index (χ0n) is 9.47. The van der Waals surface area contributed by atoms with Crippen LogP contribution in [0.5, 0.6) is 5.75 Å². The number of benzene rings is 1. The van der Waals surface area contributed by atoms with Crippen molar-refractivity contribution in [2.45, 2.75) is 24.3 Å². The number of rotatable bonds is 1. The van der Waals surface area contributed by atoms with E-state index in [0.29, 0.717) is 0 Å². The molecule has 0 spiro atoms. The predicted molar refractivity (Wildman–Crippen MR) is 57.0 cm³/mol. The fourth-order valence-electron chi connectivity index (χ4n) is 1.74. The Balaban J connectivity index is 2.49. The molecule has 20 heavy (non-hydrogen) atoms. The third-order valence-electron chi connectivity index (χ3n) is 2.77. The molecular formula is C11H6ClF5O3. The Morgan fingerprint density at radius 2 is 1.85 bits per heavy atom. The number of ketones is 1. The number of aliphatic hydroxyl groups is 1. The Bertz CT molecular complexity index is 572. The predicted octanol–water partition coefficient (Wildman–Crippen LogP) is 3.19. The first-order valence-electron chi connectivity index (χ1n) is 5.17. The third-order valence-corrected chi connectivity index (χ3v) is 3.00. The highest BCUT2D eigenvalue weighted by atomic mass is 35.5. The van der Waals surface area contributed by atoms with Crippen molar-refractivity contribution in [3.8, 4) is 5.75 Å². The molecule has 1 heterocycles. The lowest BCUT2D eigenvalue weighted by Gasteiger charge is -2.38. The van der Waals surface area contributed by atoms with Crippen LogP contribution < -0.4 is 4.74 Å². The Morgan fingerprint density at radius 3 is 2.40 bits per heavy atom. The molecule has 1 aromatic carbocycles. The van der Waals surface area contributed by atoms with Gasteiger partial charge in [-0.3, -0.25) is 4.79 Å². The molecule has 1 aliphatic heterocycles. The van der Waals surface area contributed by atoms with Crippen molar-refractivity contribution in [1.29, 1.82) is 0 Å². The van der Waals surface area contributed by atoms with Gasteiger partial charge in [-0.2, -0.15) is 22.0 Å². The quantitative estimate of drug-likeness (QED) is 0.809. The molecule has 0 amide bonds. The lowest BCUT2D eigenvalue weighted by Crippen LogP contribution is -2.62. The highest BCUT2D eigenvalue weighted by Crippen LogP contribution is 2.48. The highest BCUT2D eigenvalue weighted by molar-refractivity contribution is 6.31. The second-order valence-electron chi connectivity index (χ2n) is 4.20. The average Bonchev–Trinajstić information content (AvgIpc) is 2.28. The van der Waals surface area contributed by atoms with Crippen LogP contribution in [0, 0.1) is 0 Å². The topological polar surface area (TPSA) is 46.5 Å². The highest BCUT2D eigenvalue weighted by Gasteiger charge is 2.73. The molecule has 0 radical (unpaired) electrons. The first kappa shape index (κ1) is 15.0. The largest absolute Gasteiger partial charge is 0.460 e. The van der Waals surface area contributed by atoms with Crippen molar-refractivity contribution in [2.75, 3.05) is 0 Å². The first-order valence-corrected chi connectivity index (χ1v) is 5.54. The van der Waals surface area contributed by atoms with Gasteiger partial charge in [0.25, 0.3) is 5.79 Å². The van der Waals surface area contributed by atoms with Crippen LogP contribution in [0.1, 0.15) is 16.8 Å². The van der Waals surface area contributed by atoms with E-state index in [9.17, 15) is 31.9 Å². The lowest BCUT2D eigenvalue weighted by molar-refractivity contribution is -0.384. The Hall–Kier alpha value is -1.41. The van der Waals surface area contributed by atoms with Crippen LogP contribution in [0.4, 0.5) is 22.0 Å². The summed E-state index contributed by atoms with van der Waals surface area (Å²) in [5.41, 5.74) is -0.264. The van der Waals surface area contributed by atoms with Gasteiger partial charge in [0.05, 0.1) is 12.0 Å². The van der Waals surface area contributed by atoms with Gasteiger partial charge >= 0.3 is 12.1 Å². The van der Waals surface area contributed by atoms with Crippen LogP contribution in [-0.4, -0.2) is 28.8 Å². The van der Waals surface area contributed by atoms with Crippen LogP contribution in [0.15, 0.2) is 18.2 Å². The van der Waals surface area contributed by atoms with Crippen LogP contribution in [0.3, 0.4) is 0 Å². The summed E-state index contributed by atoms with van der Waals surface area (Å²) in [6, 6.07) is 3.13. The second-order valence-corrected chi connectivity index (χ2v) is 4.64. The summed E-state index contributed by atoms with van der Waals surface area (Å²) in [7, 11) is 0. The van der Waals surface area contributed by atoms with Gasteiger partial charge in [0.15, 0.2) is 5.78 Å². The lowest BCUT2D eigenvalue weighted by atomic mass is 9.94. The molecule has 0 aliphatic carbocycles. The van der Waals surface area contributed by atoms with Crippen molar-refractivity contribution < 1.29 is 36.6 Å². The smallest absolute Gasteiger partial charge is 0.454 e. The molecule has 1 aliphatic rings. The maximum Gasteiger partial charge on any atom is 0.460 e. The van der Waals surface area contributed by atoms with Crippen molar-refractivity contribution in [3.05, 3.63) is 28.8 Å². The molecule has 3 nitrogen and oxygen atoms in total. The summed E-state index contributed by atoms with van der Waals surface area (Å²) in [5, 5.41) is 9.55. The molecule has 0 fully saturated rings. The van der Waals surface area contributed by atoms with Gasteiger partial charge in [-0.15, -0.1) is 0 Å². The maximum atomic E-state index is 13.3. The third kappa shape index (κ3) is 2.12. The van der Waals surface area contributed by atoms with Crippen LogP contribution in [0.2, 0.25) is 5.02 Å². The standard InChI is InChI=1S/C11H6ClF5O3/c12-5-1-2-8-6(3-5)7(18)4-9(19,20-8)10(13,14)11(15,16)17/h1-3,19H,4H2/t9-/m1/s1. The minimum atomic E-state index is -6.06. The summed E-state index contributed by atoms with van der Waals surface area (Å²) in [6.07, 6.45) is -7.60. The van der Waals surface area contributed by atoms with E-state index in [4.69, 9.17) is 11.6 Å². The van der Waals surface area contributed by atoms with Gasteiger partial charge in [-0.05, 0) is 18.2 Å². The van der Waals surface area contributed by atoms with E-state index in [2.05, 4.69) is 4.74 Å². The molecule has 1 atom stereocenters. The monoisotopic (exact) mass is 316 g/mol. The molecule has 1 aromatic rings. The molecule has 0 saturated heterocycles. The van der Waals surface area contributed by atoms with Crippen molar-refractivity contribution in [2.24, 2.45) is 0 Å². The molecule has 0 aromatic heterocycles. The van der Waals surface area contributed by atoms with E-state index >= 15 is 0 Å². The van der Waals surface area contributed by atoms with Gasteiger partial charge in [-0.1, -0.05) is 11.6 Å². The number of fused-ring (bicyclic) bond motifs is 1. The fraction of sp³-hybridized carbons (Fsp3) is 0.364. The zero-order chi connectivity index (χ0) is 15.3. The van der Waals surface area contributed by atoms with Crippen molar-refractivity contribution >= 4 is 17.4 Å². The number of alkyl halides is 5. The van der Waals surface area contributed by atoms with E-state index in [-0.39, 0.29) is 10.6 Å². The molecule has 0 bridgehead atoms. The number of carbonyl (C=O) groups is 1. The molecule has 0 saturated carbocycles. The Labute approximate surface area is 113 Å². The van der Waals surface area contributed by atoms with Gasteiger partial charge in [-0.25, -0.2) is 0 Å². The number of hydrogen-bond donors (Lipinski definition) is 1. The minimum absolute atomic E-state index is 0.0775. The summed E-state index contributed by atoms with van der Waals surface area (Å²) < 4.78 is 67.8. The molecule has 0 unspecified atom stereocenters. The molecule has 110 valence electrons. The number of carbonyl (C=O) groups excluding carboxylic acids is 1. The molecule has 9 heteroatoms. The number of hydrogen-bond acceptors (Lipinski definition) is 3. The van der Waals surface area contributed by atoms with Gasteiger partial charge in [0.2, 0.25) is 0 Å².